The number of carboxylic acid groups (broad SMARTS) is 1. The maximum Gasteiger partial charge on any atom is 0.345 e. The van der Waals surface area contributed by atoms with Gasteiger partial charge in [-0.1, -0.05) is 6.92 Å². The van der Waals surface area contributed by atoms with E-state index in [0.717, 1.165) is 16.5 Å². The molecule has 6 heteroatoms. The van der Waals surface area contributed by atoms with E-state index in [0.29, 0.717) is 12.3 Å². The number of amides is 1. The third-order valence-corrected chi connectivity index (χ3v) is 3.70. The monoisotopic (exact) mass is 293 g/mol. The smallest absolute Gasteiger partial charge is 0.345 e. The summed E-state index contributed by atoms with van der Waals surface area (Å²) in [6.45, 7) is 2.55. The molecule has 0 unspecified atom stereocenters. The average Bonchev–Trinajstić information content (AvgIpc) is 2.82. The summed E-state index contributed by atoms with van der Waals surface area (Å²) in [6.07, 6.45) is 0.867. The number of ether oxygens (including phenoxy) is 1. The predicted octanol–water partition coefficient (Wildman–Crippen LogP) is 2.96. The highest BCUT2D eigenvalue weighted by Crippen LogP contribution is 2.28. The molecule has 106 valence electrons. The van der Waals surface area contributed by atoms with Crippen LogP contribution < -0.4 is 5.32 Å². The SMILES string of the molecule is CCCOCC(=O)Nc1ccc2sc(C(=O)O)cc2c1. The molecule has 1 heterocycles. The number of nitrogens with one attached hydrogen (secondary N) is 1. The van der Waals surface area contributed by atoms with Gasteiger partial charge < -0.3 is 15.2 Å². The number of benzene rings is 1. The first-order valence-electron chi connectivity index (χ1n) is 6.24. The molecule has 0 saturated heterocycles. The molecule has 0 radical (unpaired) electrons. The van der Waals surface area contributed by atoms with Gasteiger partial charge in [0.15, 0.2) is 0 Å². The molecule has 20 heavy (non-hydrogen) atoms. The van der Waals surface area contributed by atoms with Gasteiger partial charge in [-0.25, -0.2) is 4.79 Å². The van der Waals surface area contributed by atoms with Crippen LogP contribution in [-0.2, 0) is 9.53 Å². The summed E-state index contributed by atoms with van der Waals surface area (Å²) in [5, 5.41) is 12.5. The zero-order valence-corrected chi connectivity index (χ0v) is 11.8. The van der Waals surface area contributed by atoms with Gasteiger partial charge in [0.05, 0.1) is 0 Å². The summed E-state index contributed by atoms with van der Waals surface area (Å²) in [7, 11) is 0. The minimum atomic E-state index is -0.940. The third kappa shape index (κ3) is 3.55. The fourth-order valence-corrected chi connectivity index (χ4v) is 2.61. The van der Waals surface area contributed by atoms with Crippen molar-refractivity contribution in [2.45, 2.75) is 13.3 Å². The Kier molecular flexibility index (Phi) is 4.70. The van der Waals surface area contributed by atoms with Gasteiger partial charge in [0.1, 0.15) is 11.5 Å². The highest BCUT2D eigenvalue weighted by molar-refractivity contribution is 7.20. The summed E-state index contributed by atoms with van der Waals surface area (Å²) in [6, 6.07) is 6.92. The lowest BCUT2D eigenvalue weighted by Crippen LogP contribution is -2.18. The Hall–Kier alpha value is -1.92. The van der Waals surface area contributed by atoms with Crippen LogP contribution in [0.5, 0.6) is 0 Å². The lowest BCUT2D eigenvalue weighted by Gasteiger charge is -2.05. The molecule has 0 aliphatic heterocycles. The number of hydrogen-bond donors (Lipinski definition) is 2. The normalized spacial score (nSPS) is 10.7. The largest absolute Gasteiger partial charge is 0.477 e. The summed E-state index contributed by atoms with van der Waals surface area (Å²) in [5.74, 6) is -1.16. The van der Waals surface area contributed by atoms with Crippen LogP contribution in [0, 0.1) is 0 Å². The Morgan fingerprint density at radius 3 is 2.85 bits per heavy atom. The highest BCUT2D eigenvalue weighted by atomic mass is 32.1. The number of hydrogen-bond acceptors (Lipinski definition) is 4. The van der Waals surface area contributed by atoms with Gasteiger partial charge in [0.2, 0.25) is 5.91 Å². The average molecular weight is 293 g/mol. The van der Waals surface area contributed by atoms with Gasteiger partial charge in [-0.05, 0) is 36.1 Å². The molecule has 1 aromatic heterocycles. The second-order valence-corrected chi connectivity index (χ2v) is 5.35. The zero-order valence-electron chi connectivity index (χ0n) is 11.0. The third-order valence-electron chi connectivity index (χ3n) is 2.59. The Morgan fingerprint density at radius 1 is 1.35 bits per heavy atom. The summed E-state index contributed by atoms with van der Waals surface area (Å²) < 4.78 is 6.03. The molecule has 0 bridgehead atoms. The van der Waals surface area contributed by atoms with Crippen molar-refractivity contribution in [2.24, 2.45) is 0 Å². The van der Waals surface area contributed by atoms with Gasteiger partial charge in [-0.3, -0.25) is 4.79 Å². The number of anilines is 1. The Labute approximate surface area is 120 Å². The summed E-state index contributed by atoms with van der Waals surface area (Å²) >= 11 is 1.21. The van der Waals surface area contributed by atoms with E-state index in [2.05, 4.69) is 5.32 Å². The molecule has 2 aromatic rings. The van der Waals surface area contributed by atoms with Crippen molar-refractivity contribution in [3.63, 3.8) is 0 Å². The van der Waals surface area contributed by atoms with Crippen LogP contribution >= 0.6 is 11.3 Å². The molecule has 0 aliphatic rings. The van der Waals surface area contributed by atoms with E-state index in [1.807, 2.05) is 6.92 Å². The van der Waals surface area contributed by atoms with Crippen LogP contribution in [0.25, 0.3) is 10.1 Å². The topological polar surface area (TPSA) is 75.6 Å². The molecule has 2 rings (SSSR count). The molecular weight excluding hydrogens is 278 g/mol. The number of thiophene rings is 1. The van der Waals surface area contributed by atoms with Gasteiger partial charge in [-0.15, -0.1) is 11.3 Å². The molecule has 0 spiro atoms. The van der Waals surface area contributed by atoms with Crippen molar-refractivity contribution in [2.75, 3.05) is 18.5 Å². The lowest BCUT2D eigenvalue weighted by molar-refractivity contribution is -0.120. The number of fused-ring (bicyclic) bond motifs is 1. The molecule has 5 nitrogen and oxygen atoms in total. The Balaban J connectivity index is 2.07. The van der Waals surface area contributed by atoms with Crippen LogP contribution in [0.2, 0.25) is 0 Å². The standard InChI is InChI=1S/C14H15NO4S/c1-2-5-19-8-13(16)15-10-3-4-11-9(6-10)7-12(20-11)14(17)18/h3-4,6-7H,2,5,8H2,1H3,(H,15,16)(H,17,18). The van der Waals surface area contributed by atoms with Crippen molar-refractivity contribution in [3.05, 3.63) is 29.1 Å². The van der Waals surface area contributed by atoms with Crippen molar-refractivity contribution in [3.8, 4) is 0 Å². The first kappa shape index (κ1) is 14.5. The van der Waals surface area contributed by atoms with E-state index in [4.69, 9.17) is 9.84 Å². The van der Waals surface area contributed by atoms with E-state index in [1.165, 1.54) is 11.3 Å². The lowest BCUT2D eigenvalue weighted by atomic mass is 10.2. The van der Waals surface area contributed by atoms with Gasteiger partial charge in [0.25, 0.3) is 0 Å². The summed E-state index contributed by atoms with van der Waals surface area (Å²) in [5.41, 5.74) is 0.636. The van der Waals surface area contributed by atoms with E-state index >= 15 is 0 Å². The highest BCUT2D eigenvalue weighted by Gasteiger charge is 2.09. The van der Waals surface area contributed by atoms with E-state index < -0.39 is 5.97 Å². The van der Waals surface area contributed by atoms with E-state index in [1.54, 1.807) is 24.3 Å². The maximum absolute atomic E-state index is 11.6. The van der Waals surface area contributed by atoms with Crippen molar-refractivity contribution < 1.29 is 19.4 Å². The van der Waals surface area contributed by atoms with Crippen LogP contribution in [0.4, 0.5) is 5.69 Å². The fourth-order valence-electron chi connectivity index (χ4n) is 1.73. The number of carboxylic acids is 1. The van der Waals surface area contributed by atoms with Gasteiger partial charge >= 0.3 is 5.97 Å². The molecule has 0 saturated carbocycles. The minimum Gasteiger partial charge on any atom is -0.477 e. The van der Waals surface area contributed by atoms with E-state index in [-0.39, 0.29) is 17.4 Å². The quantitative estimate of drug-likeness (QED) is 0.803. The second-order valence-electron chi connectivity index (χ2n) is 4.27. The number of carbonyl (C=O) groups excluding carboxylic acids is 1. The molecular formula is C14H15NO4S. The molecule has 1 amide bonds. The Morgan fingerprint density at radius 2 is 2.15 bits per heavy atom. The van der Waals surface area contributed by atoms with Gasteiger partial charge in [-0.2, -0.15) is 0 Å². The van der Waals surface area contributed by atoms with Crippen LogP contribution in [0.1, 0.15) is 23.0 Å². The van der Waals surface area contributed by atoms with Crippen molar-refractivity contribution >= 4 is 39.0 Å². The number of carbonyl (C=O) groups is 2. The van der Waals surface area contributed by atoms with E-state index in [9.17, 15) is 9.59 Å². The number of rotatable bonds is 6. The predicted molar refractivity (Wildman–Crippen MR) is 78.5 cm³/mol. The second kappa shape index (κ2) is 6.49. The number of aromatic carboxylic acids is 1. The maximum atomic E-state index is 11.6. The van der Waals surface area contributed by atoms with Crippen molar-refractivity contribution in [1.82, 2.24) is 0 Å². The van der Waals surface area contributed by atoms with Gasteiger partial charge in [0, 0.05) is 17.0 Å². The molecule has 0 atom stereocenters. The molecule has 2 N–H and O–H groups in total. The van der Waals surface area contributed by atoms with Crippen LogP contribution in [0.3, 0.4) is 0 Å². The first-order valence-corrected chi connectivity index (χ1v) is 7.06. The summed E-state index contributed by atoms with van der Waals surface area (Å²) in [4.78, 5) is 22.8. The fraction of sp³-hybridized carbons (Fsp3) is 0.286. The van der Waals surface area contributed by atoms with Crippen LogP contribution in [-0.4, -0.2) is 30.2 Å². The minimum absolute atomic E-state index is 0.0237. The van der Waals surface area contributed by atoms with Crippen LogP contribution in [0.15, 0.2) is 24.3 Å². The molecule has 0 aliphatic carbocycles. The molecule has 1 aromatic carbocycles. The first-order chi connectivity index (χ1) is 9.60. The zero-order chi connectivity index (χ0) is 14.5. The Bertz CT molecular complexity index is 635. The molecule has 0 fully saturated rings. The van der Waals surface area contributed by atoms with Crippen molar-refractivity contribution in [1.29, 1.82) is 0 Å².